The van der Waals surface area contributed by atoms with E-state index in [4.69, 9.17) is 4.74 Å². The molecule has 0 unspecified atom stereocenters. The molecule has 142 valence electrons. The first-order chi connectivity index (χ1) is 12.3. The van der Waals surface area contributed by atoms with Crippen molar-refractivity contribution in [1.82, 2.24) is 4.90 Å². The second-order valence-electron chi connectivity index (χ2n) is 6.62. The van der Waals surface area contributed by atoms with E-state index in [1.165, 1.54) is 18.2 Å². The molecule has 1 heterocycles. The molecule has 0 saturated carbocycles. The van der Waals surface area contributed by atoms with Crippen LogP contribution < -0.4 is 0 Å². The maximum Gasteiger partial charge on any atom is 0.329 e. The zero-order valence-electron chi connectivity index (χ0n) is 15.2. The first kappa shape index (κ1) is 20.2. The van der Waals surface area contributed by atoms with Crippen molar-refractivity contribution >= 4 is 29.3 Å². The minimum Gasteiger partial charge on any atom is -0.464 e. The fourth-order valence-corrected chi connectivity index (χ4v) is 4.43. The third-order valence-corrected chi connectivity index (χ3v) is 5.34. The number of nitro benzene ring substituents is 1. The smallest absolute Gasteiger partial charge is 0.329 e. The van der Waals surface area contributed by atoms with Gasteiger partial charge in [-0.05, 0) is 24.8 Å². The molecule has 1 aromatic rings. The number of nitro groups is 1. The molecule has 1 aliphatic rings. The lowest BCUT2D eigenvalue weighted by Gasteiger charge is -2.29. The SMILES string of the molecule is CCCOC(=O)[C@@H]1CS[C@@H](CC(C)C)N1C(=O)c1cccc([N+](=O)[O-])c1. The van der Waals surface area contributed by atoms with Crippen LogP contribution in [0.3, 0.4) is 0 Å². The normalized spacial score (nSPS) is 19.6. The maximum absolute atomic E-state index is 13.1. The molecule has 0 bridgehead atoms. The summed E-state index contributed by atoms with van der Waals surface area (Å²) in [5.74, 6) is 0.0335. The summed E-state index contributed by atoms with van der Waals surface area (Å²) in [5.41, 5.74) is 0.0666. The topological polar surface area (TPSA) is 89.8 Å². The van der Waals surface area contributed by atoms with Crippen molar-refractivity contribution in [3.63, 3.8) is 0 Å². The summed E-state index contributed by atoms with van der Waals surface area (Å²) in [6.07, 6.45) is 1.45. The average Bonchev–Trinajstić information content (AvgIpc) is 3.01. The van der Waals surface area contributed by atoms with Gasteiger partial charge in [0, 0.05) is 23.4 Å². The Morgan fingerprint density at radius 2 is 2.15 bits per heavy atom. The van der Waals surface area contributed by atoms with Gasteiger partial charge >= 0.3 is 5.97 Å². The summed E-state index contributed by atoms with van der Waals surface area (Å²) in [4.78, 5) is 37.5. The van der Waals surface area contributed by atoms with E-state index in [0.717, 1.165) is 6.42 Å². The molecule has 0 aromatic heterocycles. The number of ether oxygens (including phenoxy) is 1. The summed E-state index contributed by atoms with van der Waals surface area (Å²) in [6.45, 7) is 6.33. The van der Waals surface area contributed by atoms with E-state index >= 15 is 0 Å². The Kier molecular flexibility index (Phi) is 7.02. The number of hydrogen-bond acceptors (Lipinski definition) is 6. The van der Waals surface area contributed by atoms with Gasteiger partial charge in [0.15, 0.2) is 0 Å². The monoisotopic (exact) mass is 380 g/mol. The van der Waals surface area contributed by atoms with Crippen LogP contribution in [0.2, 0.25) is 0 Å². The molecule has 1 saturated heterocycles. The first-order valence-corrected chi connectivity index (χ1v) is 9.75. The van der Waals surface area contributed by atoms with Gasteiger partial charge in [-0.25, -0.2) is 4.79 Å². The average molecular weight is 380 g/mol. The van der Waals surface area contributed by atoms with E-state index in [-0.39, 0.29) is 22.5 Å². The number of hydrogen-bond donors (Lipinski definition) is 0. The largest absolute Gasteiger partial charge is 0.464 e. The zero-order valence-corrected chi connectivity index (χ0v) is 16.0. The van der Waals surface area contributed by atoms with Crippen molar-refractivity contribution in [3.8, 4) is 0 Å². The summed E-state index contributed by atoms with van der Waals surface area (Å²) >= 11 is 1.55. The van der Waals surface area contributed by atoms with Crippen LogP contribution in [0.5, 0.6) is 0 Å². The summed E-state index contributed by atoms with van der Waals surface area (Å²) in [5, 5.41) is 10.8. The molecule has 7 nitrogen and oxygen atoms in total. The molecule has 1 amide bonds. The van der Waals surface area contributed by atoms with Crippen LogP contribution in [0.25, 0.3) is 0 Å². The Bertz CT molecular complexity index is 679. The molecule has 26 heavy (non-hydrogen) atoms. The van der Waals surface area contributed by atoms with E-state index in [0.29, 0.717) is 24.7 Å². The number of carbonyl (C=O) groups is 2. The molecule has 0 spiro atoms. The van der Waals surface area contributed by atoms with Gasteiger partial charge < -0.3 is 9.64 Å². The van der Waals surface area contributed by atoms with Gasteiger partial charge in [0.25, 0.3) is 11.6 Å². The summed E-state index contributed by atoms with van der Waals surface area (Å²) < 4.78 is 5.25. The lowest BCUT2D eigenvalue weighted by atomic mass is 10.1. The lowest BCUT2D eigenvalue weighted by Crippen LogP contribution is -2.46. The number of esters is 1. The molecule has 1 aliphatic heterocycles. The minimum absolute atomic E-state index is 0.145. The number of carbonyl (C=O) groups excluding carboxylic acids is 2. The van der Waals surface area contributed by atoms with Crippen molar-refractivity contribution in [2.24, 2.45) is 5.92 Å². The van der Waals surface area contributed by atoms with Gasteiger partial charge in [-0.1, -0.05) is 26.8 Å². The fraction of sp³-hybridized carbons (Fsp3) is 0.556. The van der Waals surface area contributed by atoms with Gasteiger partial charge in [-0.15, -0.1) is 11.8 Å². The second kappa shape index (κ2) is 9.02. The molecule has 1 aromatic carbocycles. The number of benzene rings is 1. The van der Waals surface area contributed by atoms with Crippen LogP contribution in [0.15, 0.2) is 24.3 Å². The molecular weight excluding hydrogens is 356 g/mol. The highest BCUT2D eigenvalue weighted by atomic mass is 32.2. The summed E-state index contributed by atoms with van der Waals surface area (Å²) in [7, 11) is 0. The van der Waals surface area contributed by atoms with Crippen LogP contribution in [0.4, 0.5) is 5.69 Å². The second-order valence-corrected chi connectivity index (χ2v) is 7.83. The van der Waals surface area contributed by atoms with Gasteiger partial charge in [-0.2, -0.15) is 0 Å². The van der Waals surface area contributed by atoms with E-state index in [1.807, 2.05) is 6.92 Å². The standard InChI is InChI=1S/C18H24N2O5S/c1-4-8-25-18(22)15-11-26-16(9-12(2)3)19(15)17(21)13-6-5-7-14(10-13)20(23)24/h5-7,10,12,15-16H,4,8-9,11H2,1-3H3/t15-,16-/m0/s1. The predicted octanol–water partition coefficient (Wildman–Crippen LogP) is 3.48. The lowest BCUT2D eigenvalue weighted by molar-refractivity contribution is -0.384. The molecule has 0 radical (unpaired) electrons. The van der Waals surface area contributed by atoms with Crippen LogP contribution in [0.1, 0.15) is 44.0 Å². The highest BCUT2D eigenvalue weighted by Gasteiger charge is 2.43. The number of nitrogens with zero attached hydrogens (tertiary/aromatic N) is 2. The van der Waals surface area contributed by atoms with E-state index in [9.17, 15) is 19.7 Å². The van der Waals surface area contributed by atoms with Gasteiger partial charge in [-0.3, -0.25) is 14.9 Å². The number of rotatable bonds is 7. The maximum atomic E-state index is 13.1. The molecule has 2 atom stereocenters. The third-order valence-electron chi connectivity index (χ3n) is 4.02. The molecule has 2 rings (SSSR count). The third kappa shape index (κ3) is 4.75. The van der Waals surface area contributed by atoms with Crippen molar-refractivity contribution in [2.45, 2.75) is 45.0 Å². The van der Waals surface area contributed by atoms with Crippen LogP contribution >= 0.6 is 11.8 Å². The van der Waals surface area contributed by atoms with Crippen LogP contribution in [-0.4, -0.2) is 45.5 Å². The van der Waals surface area contributed by atoms with Crippen molar-refractivity contribution in [1.29, 1.82) is 0 Å². The van der Waals surface area contributed by atoms with Crippen molar-refractivity contribution in [3.05, 3.63) is 39.9 Å². The van der Waals surface area contributed by atoms with Crippen LogP contribution in [-0.2, 0) is 9.53 Å². The highest BCUT2D eigenvalue weighted by molar-refractivity contribution is 8.00. The van der Waals surface area contributed by atoms with Crippen LogP contribution in [0, 0.1) is 16.0 Å². The Hall–Kier alpha value is -2.09. The van der Waals surface area contributed by atoms with Crippen molar-refractivity contribution in [2.75, 3.05) is 12.4 Å². The fourth-order valence-electron chi connectivity index (χ4n) is 2.80. The molecule has 0 aliphatic carbocycles. The van der Waals surface area contributed by atoms with E-state index in [2.05, 4.69) is 13.8 Å². The number of amides is 1. The Balaban J connectivity index is 2.30. The Labute approximate surface area is 157 Å². The molecular formula is C18H24N2O5S. The highest BCUT2D eigenvalue weighted by Crippen LogP contribution is 2.35. The number of non-ortho nitro benzene ring substituents is 1. The zero-order chi connectivity index (χ0) is 19.3. The first-order valence-electron chi connectivity index (χ1n) is 8.70. The minimum atomic E-state index is -0.665. The predicted molar refractivity (Wildman–Crippen MR) is 100 cm³/mol. The van der Waals surface area contributed by atoms with Gasteiger partial charge in [0.05, 0.1) is 16.9 Å². The van der Waals surface area contributed by atoms with Crippen molar-refractivity contribution < 1.29 is 19.2 Å². The Morgan fingerprint density at radius 3 is 2.77 bits per heavy atom. The quantitative estimate of drug-likeness (QED) is 0.409. The van der Waals surface area contributed by atoms with E-state index in [1.54, 1.807) is 22.7 Å². The summed E-state index contributed by atoms with van der Waals surface area (Å²) in [6, 6.07) is 4.96. The van der Waals surface area contributed by atoms with Gasteiger partial charge in [0.2, 0.25) is 0 Å². The number of thioether (sulfide) groups is 1. The molecule has 0 N–H and O–H groups in total. The molecule has 1 fully saturated rings. The Morgan fingerprint density at radius 1 is 1.42 bits per heavy atom. The van der Waals surface area contributed by atoms with E-state index < -0.39 is 16.9 Å². The van der Waals surface area contributed by atoms with Gasteiger partial charge in [0.1, 0.15) is 6.04 Å². The molecule has 8 heteroatoms.